The van der Waals surface area contributed by atoms with Crippen LogP contribution < -0.4 is 20.1 Å². The first-order valence-corrected chi connectivity index (χ1v) is 9.84. The van der Waals surface area contributed by atoms with Gasteiger partial charge in [-0.2, -0.15) is 9.97 Å². The van der Waals surface area contributed by atoms with Crippen LogP contribution in [-0.4, -0.2) is 72.3 Å². The SMILES string of the molecule is CNc1nc(Nc2ccc(C(=O)N3CCOCC3)c3c2OCCO3)nc2[nH]ccc12. The molecular formula is C20H22N6O4. The Morgan fingerprint density at radius 2 is 1.87 bits per heavy atom. The summed E-state index contributed by atoms with van der Waals surface area (Å²) in [6.07, 6.45) is 1.81. The molecule has 2 aliphatic rings. The Balaban J connectivity index is 1.50. The van der Waals surface area contributed by atoms with Crippen LogP contribution in [0.25, 0.3) is 11.0 Å². The van der Waals surface area contributed by atoms with Gasteiger partial charge >= 0.3 is 0 Å². The average molecular weight is 410 g/mol. The Labute approximate surface area is 172 Å². The molecule has 2 aliphatic heterocycles. The number of nitrogens with one attached hydrogen (secondary N) is 3. The Kier molecular flexibility index (Phi) is 4.75. The summed E-state index contributed by atoms with van der Waals surface area (Å²) in [5, 5.41) is 7.18. The van der Waals surface area contributed by atoms with Gasteiger partial charge in [0.15, 0.2) is 11.5 Å². The van der Waals surface area contributed by atoms with E-state index < -0.39 is 0 Å². The van der Waals surface area contributed by atoms with E-state index in [1.165, 1.54) is 0 Å². The molecule has 0 unspecified atom stereocenters. The summed E-state index contributed by atoms with van der Waals surface area (Å²) in [7, 11) is 1.81. The van der Waals surface area contributed by atoms with Crippen LogP contribution >= 0.6 is 0 Å². The molecule has 0 saturated carbocycles. The highest BCUT2D eigenvalue weighted by atomic mass is 16.6. The van der Waals surface area contributed by atoms with Gasteiger partial charge in [0.2, 0.25) is 5.95 Å². The monoisotopic (exact) mass is 410 g/mol. The number of amides is 1. The number of hydrogen-bond donors (Lipinski definition) is 3. The van der Waals surface area contributed by atoms with Crippen LogP contribution in [0.1, 0.15) is 10.4 Å². The zero-order chi connectivity index (χ0) is 20.5. The molecule has 1 saturated heterocycles. The van der Waals surface area contributed by atoms with Crippen LogP contribution in [0.5, 0.6) is 11.5 Å². The molecule has 3 aromatic rings. The molecule has 0 atom stereocenters. The van der Waals surface area contributed by atoms with Gasteiger partial charge in [0.25, 0.3) is 5.91 Å². The molecule has 3 N–H and O–H groups in total. The fraction of sp³-hybridized carbons (Fsp3) is 0.350. The van der Waals surface area contributed by atoms with Crippen molar-refractivity contribution in [2.24, 2.45) is 0 Å². The van der Waals surface area contributed by atoms with E-state index in [9.17, 15) is 4.79 Å². The van der Waals surface area contributed by atoms with Gasteiger partial charge in [-0.25, -0.2) is 0 Å². The van der Waals surface area contributed by atoms with Crippen LogP contribution in [0.3, 0.4) is 0 Å². The lowest BCUT2D eigenvalue weighted by atomic mass is 10.1. The largest absolute Gasteiger partial charge is 0.485 e. The highest BCUT2D eigenvalue weighted by molar-refractivity contribution is 5.99. The maximum absolute atomic E-state index is 13.0. The molecule has 10 nitrogen and oxygen atoms in total. The number of carbonyl (C=O) groups excluding carboxylic acids is 1. The first kappa shape index (κ1) is 18.5. The van der Waals surface area contributed by atoms with E-state index in [-0.39, 0.29) is 5.91 Å². The minimum atomic E-state index is -0.0897. The molecule has 5 rings (SSSR count). The van der Waals surface area contributed by atoms with Gasteiger partial charge in [0.05, 0.1) is 29.9 Å². The molecule has 1 aromatic carbocycles. The summed E-state index contributed by atoms with van der Waals surface area (Å²) >= 11 is 0. The summed E-state index contributed by atoms with van der Waals surface area (Å²) < 4.78 is 17.1. The van der Waals surface area contributed by atoms with Gasteiger partial charge in [0, 0.05) is 26.3 Å². The van der Waals surface area contributed by atoms with Crippen molar-refractivity contribution in [2.75, 3.05) is 57.2 Å². The van der Waals surface area contributed by atoms with E-state index in [2.05, 4.69) is 25.6 Å². The summed E-state index contributed by atoms with van der Waals surface area (Å²) in [5.74, 6) is 1.94. The molecule has 10 heteroatoms. The molecular weight excluding hydrogens is 388 g/mol. The van der Waals surface area contributed by atoms with Crippen molar-refractivity contribution in [3.8, 4) is 11.5 Å². The van der Waals surface area contributed by atoms with E-state index in [1.54, 1.807) is 17.0 Å². The zero-order valence-corrected chi connectivity index (χ0v) is 16.5. The fourth-order valence-corrected chi connectivity index (χ4v) is 3.65. The minimum absolute atomic E-state index is 0.0897. The summed E-state index contributed by atoms with van der Waals surface area (Å²) in [6, 6.07) is 5.46. The number of nitrogens with zero attached hydrogens (tertiary/aromatic N) is 3. The number of H-pyrrole nitrogens is 1. The second-order valence-corrected chi connectivity index (χ2v) is 6.93. The topological polar surface area (TPSA) is 114 Å². The smallest absolute Gasteiger partial charge is 0.257 e. The molecule has 0 bridgehead atoms. The molecule has 30 heavy (non-hydrogen) atoms. The maximum atomic E-state index is 13.0. The third-order valence-corrected chi connectivity index (χ3v) is 5.12. The zero-order valence-electron chi connectivity index (χ0n) is 16.5. The van der Waals surface area contributed by atoms with E-state index in [0.717, 1.165) is 5.39 Å². The van der Waals surface area contributed by atoms with Gasteiger partial charge in [-0.15, -0.1) is 0 Å². The number of morpholine rings is 1. The molecule has 0 spiro atoms. The Morgan fingerprint density at radius 1 is 1.07 bits per heavy atom. The normalized spacial score (nSPS) is 15.8. The van der Waals surface area contributed by atoms with E-state index >= 15 is 0 Å². The molecule has 0 radical (unpaired) electrons. The predicted molar refractivity (Wildman–Crippen MR) is 111 cm³/mol. The summed E-state index contributed by atoms with van der Waals surface area (Å²) in [5.41, 5.74) is 1.83. The molecule has 0 aliphatic carbocycles. The van der Waals surface area contributed by atoms with Gasteiger partial charge in [-0.05, 0) is 18.2 Å². The van der Waals surface area contributed by atoms with Crippen LogP contribution in [0.4, 0.5) is 17.5 Å². The number of hydrogen-bond acceptors (Lipinski definition) is 8. The van der Waals surface area contributed by atoms with Crippen molar-refractivity contribution in [1.29, 1.82) is 0 Å². The van der Waals surface area contributed by atoms with Crippen molar-refractivity contribution < 1.29 is 19.0 Å². The molecule has 1 amide bonds. The van der Waals surface area contributed by atoms with Crippen LogP contribution in [0.15, 0.2) is 24.4 Å². The quantitative estimate of drug-likeness (QED) is 0.598. The van der Waals surface area contributed by atoms with Gasteiger partial charge in [-0.1, -0.05) is 0 Å². The number of ether oxygens (including phenoxy) is 3. The lowest BCUT2D eigenvalue weighted by Gasteiger charge is -2.29. The summed E-state index contributed by atoms with van der Waals surface area (Å²) in [6.45, 7) is 2.98. The Morgan fingerprint density at radius 3 is 2.67 bits per heavy atom. The van der Waals surface area contributed by atoms with Crippen molar-refractivity contribution in [2.45, 2.75) is 0 Å². The Bertz CT molecular complexity index is 1090. The predicted octanol–water partition coefficient (Wildman–Crippen LogP) is 1.99. The number of carbonyl (C=O) groups is 1. The van der Waals surface area contributed by atoms with Crippen molar-refractivity contribution >= 4 is 34.4 Å². The third-order valence-electron chi connectivity index (χ3n) is 5.12. The molecule has 156 valence electrons. The average Bonchev–Trinajstić information content (AvgIpc) is 3.27. The maximum Gasteiger partial charge on any atom is 0.257 e. The lowest BCUT2D eigenvalue weighted by molar-refractivity contribution is 0.0298. The van der Waals surface area contributed by atoms with Gasteiger partial charge in [-0.3, -0.25) is 4.79 Å². The third kappa shape index (κ3) is 3.24. The number of fused-ring (bicyclic) bond motifs is 2. The first-order chi connectivity index (χ1) is 14.7. The Hall–Kier alpha value is -3.53. The number of anilines is 3. The van der Waals surface area contributed by atoms with Crippen molar-refractivity contribution in [1.82, 2.24) is 19.9 Å². The van der Waals surface area contributed by atoms with Gasteiger partial charge in [0.1, 0.15) is 24.7 Å². The standard InChI is InChI=1S/C20H22N6O4/c1-21-17-13-4-5-22-18(13)25-20(24-17)23-14-3-2-12(15-16(14)30-11-10-29-15)19(27)26-6-8-28-9-7-26/h2-5H,6-11H2,1H3,(H3,21,22,23,24,25). The fourth-order valence-electron chi connectivity index (χ4n) is 3.65. The van der Waals surface area contributed by atoms with E-state index in [1.807, 2.05) is 19.3 Å². The first-order valence-electron chi connectivity index (χ1n) is 9.84. The van der Waals surface area contributed by atoms with Gasteiger partial charge < -0.3 is 34.7 Å². The summed E-state index contributed by atoms with van der Waals surface area (Å²) in [4.78, 5) is 26.9. The minimum Gasteiger partial charge on any atom is -0.485 e. The van der Waals surface area contributed by atoms with Crippen LogP contribution in [0, 0.1) is 0 Å². The second kappa shape index (κ2) is 7.71. The highest BCUT2D eigenvalue weighted by Gasteiger charge is 2.28. The number of rotatable bonds is 4. The number of benzene rings is 1. The van der Waals surface area contributed by atoms with Crippen molar-refractivity contribution in [3.05, 3.63) is 30.0 Å². The second-order valence-electron chi connectivity index (χ2n) is 6.93. The van der Waals surface area contributed by atoms with Crippen LogP contribution in [-0.2, 0) is 4.74 Å². The molecule has 1 fully saturated rings. The number of aromatic amines is 1. The van der Waals surface area contributed by atoms with Crippen LogP contribution in [0.2, 0.25) is 0 Å². The number of aromatic nitrogens is 3. The van der Waals surface area contributed by atoms with E-state index in [0.29, 0.717) is 79.7 Å². The highest BCUT2D eigenvalue weighted by Crippen LogP contribution is 2.42. The molecule has 2 aromatic heterocycles. The molecule has 4 heterocycles. The van der Waals surface area contributed by atoms with E-state index in [4.69, 9.17) is 14.2 Å². The lowest BCUT2D eigenvalue weighted by Crippen LogP contribution is -2.41. The van der Waals surface area contributed by atoms with Crippen molar-refractivity contribution in [3.63, 3.8) is 0 Å².